The predicted molar refractivity (Wildman–Crippen MR) is 106 cm³/mol. The number of phenolic OH excluding ortho intramolecular Hbond substituents is 1. The Morgan fingerprint density at radius 3 is 2.69 bits per heavy atom. The third kappa shape index (κ3) is 3.70. The molecule has 8 heteroatoms. The van der Waals surface area contributed by atoms with Crippen LogP contribution in [-0.4, -0.2) is 21.9 Å². The van der Waals surface area contributed by atoms with Crippen LogP contribution < -0.4 is 9.64 Å². The van der Waals surface area contributed by atoms with E-state index in [1.807, 2.05) is 0 Å². The van der Waals surface area contributed by atoms with E-state index in [0.29, 0.717) is 27.1 Å². The first kappa shape index (κ1) is 18.7. The molecule has 3 rings (SSSR count). The maximum absolute atomic E-state index is 13.1. The van der Waals surface area contributed by atoms with E-state index in [-0.39, 0.29) is 22.4 Å². The van der Waals surface area contributed by atoms with Gasteiger partial charge in [-0.2, -0.15) is 0 Å². The molecule has 2 aromatic carbocycles. The van der Waals surface area contributed by atoms with Crippen molar-refractivity contribution >= 4 is 57.6 Å². The Morgan fingerprint density at radius 2 is 2.04 bits per heavy atom. The van der Waals surface area contributed by atoms with Crippen molar-refractivity contribution in [1.29, 1.82) is 0 Å². The lowest BCUT2D eigenvalue weighted by Crippen LogP contribution is -2.27. The molecule has 0 unspecified atom stereocenters. The zero-order valence-corrected chi connectivity index (χ0v) is 15.9. The van der Waals surface area contributed by atoms with E-state index in [2.05, 4.69) is 0 Å². The molecule has 0 radical (unpaired) electrons. The topological polar surface area (TPSA) is 49.8 Å². The van der Waals surface area contributed by atoms with Crippen molar-refractivity contribution in [2.75, 3.05) is 11.5 Å². The number of nitrogens with zero attached hydrogens (tertiary/aromatic N) is 1. The summed E-state index contributed by atoms with van der Waals surface area (Å²) >= 11 is 12.4. The number of hydrogen-bond donors (Lipinski definition) is 1. The molecule has 0 bridgehead atoms. The van der Waals surface area contributed by atoms with Gasteiger partial charge in [-0.25, -0.2) is 4.39 Å². The lowest BCUT2D eigenvalue weighted by Gasteiger charge is -2.14. The molecular weight excluding hydrogens is 397 g/mol. The van der Waals surface area contributed by atoms with E-state index in [0.717, 1.165) is 11.8 Å². The second kappa shape index (κ2) is 7.65. The number of thioether (sulfide) groups is 1. The van der Waals surface area contributed by atoms with Gasteiger partial charge in [0.15, 0.2) is 15.8 Å². The molecule has 2 aromatic rings. The minimum absolute atomic E-state index is 0.121. The van der Waals surface area contributed by atoms with Crippen molar-refractivity contribution in [3.63, 3.8) is 0 Å². The second-order valence-corrected chi connectivity index (χ2v) is 7.36. The number of carbonyl (C=O) groups excluding carboxylic acids is 1. The van der Waals surface area contributed by atoms with E-state index in [9.17, 15) is 14.3 Å². The summed E-state index contributed by atoms with van der Waals surface area (Å²) in [6, 6.07) is 8.65. The monoisotopic (exact) mass is 409 g/mol. The van der Waals surface area contributed by atoms with Gasteiger partial charge in [0.1, 0.15) is 5.82 Å². The van der Waals surface area contributed by atoms with Gasteiger partial charge in [-0.3, -0.25) is 9.69 Å². The smallest absolute Gasteiger partial charge is 0.270 e. The Morgan fingerprint density at radius 1 is 1.35 bits per heavy atom. The molecule has 1 aliphatic heterocycles. The lowest BCUT2D eigenvalue weighted by molar-refractivity contribution is -0.113. The van der Waals surface area contributed by atoms with Gasteiger partial charge in [0.2, 0.25) is 0 Å². The van der Waals surface area contributed by atoms with Gasteiger partial charge in [-0.1, -0.05) is 35.6 Å². The highest BCUT2D eigenvalue weighted by Crippen LogP contribution is 2.39. The first-order valence-electron chi connectivity index (χ1n) is 7.59. The zero-order chi connectivity index (χ0) is 18.8. The van der Waals surface area contributed by atoms with Gasteiger partial charge in [-0.05, 0) is 55.0 Å². The highest BCUT2D eigenvalue weighted by Gasteiger charge is 2.33. The molecule has 1 aliphatic rings. The van der Waals surface area contributed by atoms with E-state index >= 15 is 0 Å². The van der Waals surface area contributed by atoms with Crippen LogP contribution in [-0.2, 0) is 4.79 Å². The van der Waals surface area contributed by atoms with Crippen molar-refractivity contribution in [1.82, 2.24) is 0 Å². The summed E-state index contributed by atoms with van der Waals surface area (Å²) < 4.78 is 18.8. The Bertz CT molecular complexity index is 915. The Labute approximate surface area is 164 Å². The van der Waals surface area contributed by atoms with Crippen LogP contribution in [0.4, 0.5) is 10.1 Å². The number of phenols is 1. The molecule has 0 spiro atoms. The summed E-state index contributed by atoms with van der Waals surface area (Å²) in [5, 5.41) is 10.0. The molecule has 1 N–H and O–H groups in total. The second-order valence-electron chi connectivity index (χ2n) is 5.28. The normalized spacial score (nSPS) is 15.8. The van der Waals surface area contributed by atoms with E-state index in [1.165, 1.54) is 35.2 Å². The molecule has 1 saturated heterocycles. The maximum Gasteiger partial charge on any atom is 0.270 e. The fourth-order valence-corrected chi connectivity index (χ4v) is 3.89. The Hall–Kier alpha value is -2.09. The Kier molecular flexibility index (Phi) is 5.50. The standard InChI is InChI=1S/C18H13ClFNO3S2/c1-2-24-14-8-10(7-13(19)16(14)22)9-15-17(23)21(18(25)26-15)12-5-3-11(20)4-6-12/h3-9,22H,2H2,1H3/b15-9-. The molecule has 1 fully saturated rings. The lowest BCUT2D eigenvalue weighted by atomic mass is 10.1. The van der Waals surface area contributed by atoms with Gasteiger partial charge in [0.05, 0.1) is 22.2 Å². The summed E-state index contributed by atoms with van der Waals surface area (Å²) in [4.78, 5) is 14.4. The molecule has 1 amide bonds. The number of hydrogen-bond acceptors (Lipinski definition) is 5. The largest absolute Gasteiger partial charge is 0.503 e. The highest BCUT2D eigenvalue weighted by atomic mass is 35.5. The minimum Gasteiger partial charge on any atom is -0.503 e. The summed E-state index contributed by atoms with van der Waals surface area (Å²) in [6.07, 6.45) is 1.62. The average molecular weight is 410 g/mol. The number of carbonyl (C=O) groups is 1. The molecule has 0 atom stereocenters. The fraction of sp³-hybridized carbons (Fsp3) is 0.111. The van der Waals surface area contributed by atoms with Crippen molar-refractivity contribution in [3.05, 3.63) is 57.7 Å². The van der Waals surface area contributed by atoms with E-state index in [1.54, 1.807) is 19.1 Å². The molecule has 0 aromatic heterocycles. The minimum atomic E-state index is -0.392. The summed E-state index contributed by atoms with van der Waals surface area (Å²) in [6.45, 7) is 2.15. The molecular formula is C18H13ClFNO3S2. The van der Waals surface area contributed by atoms with Crippen LogP contribution in [0, 0.1) is 5.82 Å². The number of benzene rings is 2. The number of rotatable bonds is 4. The average Bonchev–Trinajstić information content (AvgIpc) is 2.87. The maximum atomic E-state index is 13.1. The van der Waals surface area contributed by atoms with E-state index in [4.69, 9.17) is 28.6 Å². The summed E-state index contributed by atoms with van der Waals surface area (Å²) in [7, 11) is 0. The van der Waals surface area contributed by atoms with Gasteiger partial charge in [-0.15, -0.1) is 0 Å². The van der Waals surface area contributed by atoms with Crippen LogP contribution in [0.2, 0.25) is 5.02 Å². The van der Waals surface area contributed by atoms with Gasteiger partial charge < -0.3 is 9.84 Å². The number of anilines is 1. The molecule has 0 saturated carbocycles. The Balaban J connectivity index is 1.94. The van der Waals surface area contributed by atoms with Crippen LogP contribution in [0.1, 0.15) is 12.5 Å². The summed E-state index contributed by atoms with van der Waals surface area (Å²) in [5.74, 6) is -0.615. The van der Waals surface area contributed by atoms with Gasteiger partial charge in [0, 0.05) is 0 Å². The first-order chi connectivity index (χ1) is 12.4. The highest BCUT2D eigenvalue weighted by molar-refractivity contribution is 8.27. The van der Waals surface area contributed by atoms with Crippen molar-refractivity contribution < 1.29 is 19.0 Å². The predicted octanol–water partition coefficient (Wildman–Crippen LogP) is 4.99. The van der Waals surface area contributed by atoms with Crippen molar-refractivity contribution in [2.24, 2.45) is 0 Å². The van der Waals surface area contributed by atoms with Gasteiger partial charge >= 0.3 is 0 Å². The SMILES string of the molecule is CCOc1cc(/C=C2\SC(=S)N(c3ccc(F)cc3)C2=O)cc(Cl)c1O. The molecule has 1 heterocycles. The van der Waals surface area contributed by atoms with Crippen LogP contribution in [0.25, 0.3) is 6.08 Å². The van der Waals surface area contributed by atoms with Crippen LogP contribution in [0.5, 0.6) is 11.5 Å². The number of aromatic hydroxyl groups is 1. The molecule has 4 nitrogen and oxygen atoms in total. The first-order valence-corrected chi connectivity index (χ1v) is 9.19. The van der Waals surface area contributed by atoms with Crippen LogP contribution in [0.15, 0.2) is 41.3 Å². The van der Waals surface area contributed by atoms with Crippen molar-refractivity contribution in [3.8, 4) is 11.5 Å². The van der Waals surface area contributed by atoms with Crippen molar-refractivity contribution in [2.45, 2.75) is 6.92 Å². The number of amides is 1. The van der Waals surface area contributed by atoms with Gasteiger partial charge in [0.25, 0.3) is 5.91 Å². The van der Waals surface area contributed by atoms with Crippen LogP contribution in [0.3, 0.4) is 0 Å². The molecule has 134 valence electrons. The fourth-order valence-electron chi connectivity index (χ4n) is 2.37. The third-order valence-corrected chi connectivity index (χ3v) is 5.12. The van der Waals surface area contributed by atoms with E-state index < -0.39 is 5.82 Å². The number of thiocarbonyl (C=S) groups is 1. The van der Waals surface area contributed by atoms with Crippen LogP contribution >= 0.6 is 35.6 Å². The number of halogens is 2. The third-order valence-electron chi connectivity index (χ3n) is 3.53. The number of ether oxygens (including phenoxy) is 1. The molecule has 26 heavy (non-hydrogen) atoms. The quantitative estimate of drug-likeness (QED) is 0.569. The summed E-state index contributed by atoms with van der Waals surface area (Å²) in [5.41, 5.74) is 1.09. The molecule has 0 aliphatic carbocycles. The zero-order valence-electron chi connectivity index (χ0n) is 13.5.